The minimum Gasteiger partial charge on any atom is -0.381 e. The van der Waals surface area contributed by atoms with Crippen LogP contribution in [0.3, 0.4) is 0 Å². The predicted octanol–water partition coefficient (Wildman–Crippen LogP) is -1.04. The zero-order chi connectivity index (χ0) is 14.9. The molecule has 0 amide bonds. The first kappa shape index (κ1) is 14.5. The highest BCUT2D eigenvalue weighted by atomic mass is 32.2. The summed E-state index contributed by atoms with van der Waals surface area (Å²) < 4.78 is 29.9. The highest BCUT2D eigenvalue weighted by molar-refractivity contribution is 7.89. The molecule has 3 N–H and O–H groups in total. The average molecular weight is 299 g/mol. The number of nitrogens with zero attached hydrogens (tertiary/aromatic N) is 5. The van der Waals surface area contributed by atoms with Crippen LogP contribution in [0, 0.1) is 6.92 Å². The minimum atomic E-state index is -3.68. The molecule has 0 saturated carbocycles. The lowest BCUT2D eigenvalue weighted by molar-refractivity contribution is 0.580. The minimum absolute atomic E-state index is 0.00605. The van der Waals surface area contributed by atoms with E-state index in [4.69, 9.17) is 5.73 Å². The van der Waals surface area contributed by atoms with Gasteiger partial charge in [0.2, 0.25) is 10.0 Å². The Bertz CT molecular complexity index is 716. The van der Waals surface area contributed by atoms with Crippen LogP contribution in [0.2, 0.25) is 0 Å². The monoisotopic (exact) mass is 299 g/mol. The Morgan fingerprint density at radius 1 is 1.35 bits per heavy atom. The quantitative estimate of drug-likeness (QED) is 0.727. The first-order valence-corrected chi connectivity index (χ1v) is 7.43. The van der Waals surface area contributed by atoms with Crippen molar-refractivity contribution < 1.29 is 8.42 Å². The van der Waals surface area contributed by atoms with Gasteiger partial charge in [-0.25, -0.2) is 18.1 Å². The van der Waals surface area contributed by atoms with Gasteiger partial charge in [0.1, 0.15) is 11.2 Å². The third kappa shape index (κ3) is 2.80. The van der Waals surface area contributed by atoms with Crippen LogP contribution >= 0.6 is 0 Å². The number of rotatable bonds is 5. The van der Waals surface area contributed by atoms with Crippen molar-refractivity contribution in [3.05, 3.63) is 17.8 Å². The summed E-state index contributed by atoms with van der Waals surface area (Å²) in [7, 11) is -0.293. The summed E-state index contributed by atoms with van der Waals surface area (Å²) in [6.07, 6.45) is 1.96. The maximum atomic E-state index is 12.2. The van der Waals surface area contributed by atoms with Gasteiger partial charge in [-0.1, -0.05) is 0 Å². The second-order valence-electron chi connectivity index (χ2n) is 4.41. The number of hydrogen-bond acceptors (Lipinski definition) is 6. The molecule has 10 heteroatoms. The molecular formula is C10H17N7O2S. The summed E-state index contributed by atoms with van der Waals surface area (Å²) in [5.74, 6) is 0.569. The van der Waals surface area contributed by atoms with Crippen LogP contribution in [0.25, 0.3) is 0 Å². The van der Waals surface area contributed by atoms with Crippen LogP contribution in [0.15, 0.2) is 11.2 Å². The van der Waals surface area contributed by atoms with E-state index in [1.54, 1.807) is 32.0 Å². The average Bonchev–Trinajstić information content (AvgIpc) is 2.84. The third-order valence-electron chi connectivity index (χ3n) is 2.86. The van der Waals surface area contributed by atoms with E-state index in [2.05, 4.69) is 19.9 Å². The molecule has 0 aliphatic rings. The van der Waals surface area contributed by atoms with Crippen molar-refractivity contribution in [1.29, 1.82) is 0 Å². The van der Waals surface area contributed by atoms with Crippen molar-refractivity contribution in [3.8, 4) is 0 Å². The van der Waals surface area contributed by atoms with Crippen LogP contribution in [0.5, 0.6) is 0 Å². The molecule has 0 saturated heterocycles. The maximum Gasteiger partial charge on any atom is 0.246 e. The van der Waals surface area contributed by atoms with Gasteiger partial charge < -0.3 is 5.73 Å². The van der Waals surface area contributed by atoms with Crippen molar-refractivity contribution in [1.82, 2.24) is 29.3 Å². The molecule has 0 aliphatic carbocycles. The van der Waals surface area contributed by atoms with Gasteiger partial charge in [0.25, 0.3) is 0 Å². The zero-order valence-corrected chi connectivity index (χ0v) is 12.3. The van der Waals surface area contributed by atoms with E-state index < -0.39 is 10.0 Å². The van der Waals surface area contributed by atoms with E-state index in [1.807, 2.05) is 0 Å². The highest BCUT2D eigenvalue weighted by Gasteiger charge is 2.24. The number of nitrogens with two attached hydrogens (primary N) is 1. The molecular weight excluding hydrogens is 282 g/mol. The number of aromatic nitrogens is 5. The number of anilines is 1. The van der Waals surface area contributed by atoms with Gasteiger partial charge in [-0.15, -0.1) is 0 Å². The molecule has 2 aromatic heterocycles. The van der Waals surface area contributed by atoms with Gasteiger partial charge in [-0.05, 0) is 6.92 Å². The molecule has 9 nitrogen and oxygen atoms in total. The second kappa shape index (κ2) is 5.21. The Morgan fingerprint density at radius 3 is 2.55 bits per heavy atom. The molecule has 20 heavy (non-hydrogen) atoms. The van der Waals surface area contributed by atoms with Crippen molar-refractivity contribution in [2.45, 2.75) is 18.2 Å². The molecule has 2 heterocycles. The van der Waals surface area contributed by atoms with Gasteiger partial charge >= 0.3 is 0 Å². The van der Waals surface area contributed by atoms with E-state index in [-0.39, 0.29) is 17.3 Å². The van der Waals surface area contributed by atoms with Gasteiger partial charge in [-0.3, -0.25) is 9.36 Å². The number of hydrogen-bond donors (Lipinski definition) is 2. The number of nitrogens with one attached hydrogen (secondary N) is 1. The summed E-state index contributed by atoms with van der Waals surface area (Å²) in [6, 6.07) is 0. The van der Waals surface area contributed by atoms with E-state index in [1.165, 1.54) is 4.68 Å². The number of nitrogen functional groups attached to an aromatic ring is 1. The van der Waals surface area contributed by atoms with Crippen LogP contribution in [-0.2, 0) is 30.5 Å². The Kier molecular flexibility index (Phi) is 3.77. The normalized spacial score (nSPS) is 11.9. The molecule has 2 aromatic rings. The fraction of sp³-hybridized carbons (Fsp3) is 0.500. The van der Waals surface area contributed by atoms with Crippen molar-refractivity contribution in [2.24, 2.45) is 14.1 Å². The Morgan fingerprint density at radius 2 is 2.05 bits per heavy atom. The van der Waals surface area contributed by atoms with Crippen LogP contribution in [0.1, 0.15) is 11.5 Å². The summed E-state index contributed by atoms with van der Waals surface area (Å²) in [5.41, 5.74) is 6.13. The zero-order valence-electron chi connectivity index (χ0n) is 11.5. The number of sulfonamides is 1. The molecule has 0 aliphatic heterocycles. The van der Waals surface area contributed by atoms with Crippen molar-refractivity contribution >= 4 is 15.8 Å². The lowest BCUT2D eigenvalue weighted by Gasteiger charge is -2.05. The van der Waals surface area contributed by atoms with E-state index >= 15 is 0 Å². The fourth-order valence-electron chi connectivity index (χ4n) is 1.81. The van der Waals surface area contributed by atoms with Gasteiger partial charge in [-0.2, -0.15) is 10.2 Å². The summed E-state index contributed by atoms with van der Waals surface area (Å²) >= 11 is 0. The van der Waals surface area contributed by atoms with Crippen LogP contribution in [-0.4, -0.2) is 39.5 Å². The van der Waals surface area contributed by atoms with Gasteiger partial charge in [0.15, 0.2) is 11.6 Å². The molecule has 0 radical (unpaired) electrons. The molecule has 2 rings (SSSR count). The van der Waals surface area contributed by atoms with E-state index in [9.17, 15) is 8.42 Å². The third-order valence-corrected chi connectivity index (χ3v) is 4.49. The van der Waals surface area contributed by atoms with Crippen molar-refractivity contribution in [2.75, 3.05) is 12.3 Å². The Balaban J connectivity index is 2.08. The molecule has 0 spiro atoms. The SMILES string of the molecule is Cc1c(S(=O)(=O)NCCc2ncn(C)n2)c(N)nn1C. The fourth-order valence-corrected chi connectivity index (χ4v) is 3.17. The topological polar surface area (TPSA) is 121 Å². The standard InChI is InChI=1S/C10H17N7O2S/c1-7-9(10(11)15-17(7)3)20(18,19)13-5-4-8-12-6-16(2)14-8/h6,13H,4-5H2,1-3H3,(H2,11,15). The first-order chi connectivity index (χ1) is 9.31. The molecule has 0 unspecified atom stereocenters. The molecule has 0 fully saturated rings. The number of aryl methyl sites for hydroxylation is 2. The molecule has 0 aromatic carbocycles. The summed E-state index contributed by atoms with van der Waals surface area (Å²) in [5, 5.41) is 7.97. The van der Waals surface area contributed by atoms with Gasteiger partial charge in [0.05, 0.1) is 5.69 Å². The molecule has 0 bridgehead atoms. The molecule has 0 atom stereocenters. The first-order valence-electron chi connectivity index (χ1n) is 5.94. The predicted molar refractivity (Wildman–Crippen MR) is 72.3 cm³/mol. The highest BCUT2D eigenvalue weighted by Crippen LogP contribution is 2.20. The lowest BCUT2D eigenvalue weighted by Crippen LogP contribution is -2.27. The van der Waals surface area contributed by atoms with Gasteiger partial charge in [0, 0.05) is 27.1 Å². The lowest BCUT2D eigenvalue weighted by atomic mass is 10.4. The van der Waals surface area contributed by atoms with E-state index in [0.717, 1.165) is 0 Å². The largest absolute Gasteiger partial charge is 0.381 e. The maximum absolute atomic E-state index is 12.2. The van der Waals surface area contributed by atoms with E-state index in [0.29, 0.717) is 17.9 Å². The summed E-state index contributed by atoms with van der Waals surface area (Å²) in [6.45, 7) is 1.85. The Hall–Kier alpha value is -1.94. The molecule has 110 valence electrons. The van der Waals surface area contributed by atoms with Crippen LogP contribution in [0.4, 0.5) is 5.82 Å². The smallest absolute Gasteiger partial charge is 0.246 e. The Labute approximate surface area is 116 Å². The van der Waals surface area contributed by atoms with Crippen molar-refractivity contribution in [3.63, 3.8) is 0 Å². The summed E-state index contributed by atoms with van der Waals surface area (Å²) in [4.78, 5) is 4.05. The second-order valence-corrected chi connectivity index (χ2v) is 6.11. The van der Waals surface area contributed by atoms with Crippen LogP contribution < -0.4 is 10.5 Å².